The Hall–Kier alpha value is -2.00. The molecule has 25 heavy (non-hydrogen) atoms. The minimum Gasteiger partial charge on any atom is -0.350 e. The first-order valence-electron chi connectivity index (χ1n) is 7.64. The number of anilines is 1. The molecule has 0 aliphatic heterocycles. The van der Waals surface area contributed by atoms with Crippen molar-refractivity contribution in [2.45, 2.75) is 19.9 Å². The van der Waals surface area contributed by atoms with Gasteiger partial charge in [0.2, 0.25) is 0 Å². The van der Waals surface area contributed by atoms with Crippen LogP contribution < -0.4 is 16.0 Å². The van der Waals surface area contributed by atoms with Crippen molar-refractivity contribution in [3.63, 3.8) is 0 Å². The second-order valence-corrected chi connectivity index (χ2v) is 7.28. The molecule has 0 spiro atoms. The van der Waals surface area contributed by atoms with Crippen molar-refractivity contribution in [2.75, 3.05) is 5.32 Å². The fourth-order valence-corrected chi connectivity index (χ4v) is 2.77. The molecule has 0 atom stereocenters. The lowest BCUT2D eigenvalue weighted by molar-refractivity contribution is 0.0941. The normalized spacial score (nSPS) is 10.2. The maximum atomic E-state index is 12.1. The van der Waals surface area contributed by atoms with E-state index >= 15 is 0 Å². The third-order valence-electron chi connectivity index (χ3n) is 3.14. The molecule has 5 nitrogen and oxygen atoms in total. The maximum Gasteiger partial charge on any atom is 0.257 e. The van der Waals surface area contributed by atoms with Crippen LogP contribution in [-0.4, -0.2) is 23.0 Å². The molecule has 7 heteroatoms. The molecule has 2 amide bonds. The van der Waals surface area contributed by atoms with Crippen molar-refractivity contribution < 1.29 is 9.59 Å². The molecule has 0 bridgehead atoms. The number of hydrogen-bond acceptors (Lipinski definition) is 3. The fraction of sp³-hybridized carbons (Fsp3) is 0.167. The summed E-state index contributed by atoms with van der Waals surface area (Å²) in [4.78, 5) is 24.1. The Balaban J connectivity index is 1.94. The summed E-state index contributed by atoms with van der Waals surface area (Å²) >= 11 is 7.31. The molecule has 2 rings (SSSR count). The maximum absolute atomic E-state index is 12.1. The summed E-state index contributed by atoms with van der Waals surface area (Å²) in [6.07, 6.45) is 0. The van der Waals surface area contributed by atoms with Crippen molar-refractivity contribution in [2.24, 2.45) is 0 Å². The van der Waals surface area contributed by atoms with Gasteiger partial charge in [-0.15, -0.1) is 0 Å². The molecule has 0 saturated carbocycles. The van der Waals surface area contributed by atoms with Crippen LogP contribution in [0.2, 0.25) is 0 Å². The highest BCUT2D eigenvalue weighted by molar-refractivity contribution is 14.1. The average Bonchev–Trinajstić information content (AvgIpc) is 2.54. The lowest BCUT2D eigenvalue weighted by atomic mass is 10.2. The topological polar surface area (TPSA) is 70.2 Å². The van der Waals surface area contributed by atoms with Crippen LogP contribution in [0.1, 0.15) is 34.6 Å². The molecule has 0 fully saturated rings. The van der Waals surface area contributed by atoms with Crippen molar-refractivity contribution in [1.29, 1.82) is 0 Å². The first kappa shape index (κ1) is 19.3. The van der Waals surface area contributed by atoms with Gasteiger partial charge in [-0.25, -0.2) is 0 Å². The standard InChI is InChI=1S/C18H18IN3O2S/c1-11(2)20-16(23)12-6-8-15(9-7-12)21-18(25)22-17(24)13-4-3-5-14(19)10-13/h3-11H,1-2H3,(H,20,23)(H2,21,22,24,25). The number of thiocarbonyl (C=S) groups is 1. The monoisotopic (exact) mass is 467 g/mol. The summed E-state index contributed by atoms with van der Waals surface area (Å²) in [7, 11) is 0. The minimum atomic E-state index is -0.274. The predicted octanol–water partition coefficient (Wildman–Crippen LogP) is 3.56. The Morgan fingerprint density at radius 2 is 1.68 bits per heavy atom. The summed E-state index contributed by atoms with van der Waals surface area (Å²) in [5, 5.41) is 8.59. The van der Waals surface area contributed by atoms with E-state index in [1.807, 2.05) is 26.0 Å². The molecule has 130 valence electrons. The van der Waals surface area contributed by atoms with Crippen molar-refractivity contribution in [1.82, 2.24) is 10.6 Å². The number of hydrogen-bond donors (Lipinski definition) is 3. The molecule has 0 aliphatic rings. The zero-order chi connectivity index (χ0) is 18.4. The molecule has 0 heterocycles. The van der Waals surface area contributed by atoms with Crippen LogP contribution in [0.5, 0.6) is 0 Å². The lowest BCUT2D eigenvalue weighted by Crippen LogP contribution is -2.34. The zero-order valence-corrected chi connectivity index (χ0v) is 16.8. The van der Waals surface area contributed by atoms with Gasteiger partial charge in [0.25, 0.3) is 11.8 Å². The molecule has 2 aromatic carbocycles. The Kier molecular flexibility index (Phi) is 6.89. The molecule has 0 aromatic heterocycles. The summed E-state index contributed by atoms with van der Waals surface area (Å²) in [6.45, 7) is 3.81. The van der Waals surface area contributed by atoms with E-state index in [-0.39, 0.29) is 23.0 Å². The van der Waals surface area contributed by atoms with Crippen LogP contribution in [0.25, 0.3) is 0 Å². The van der Waals surface area contributed by atoms with E-state index in [9.17, 15) is 9.59 Å². The number of carbonyl (C=O) groups excluding carboxylic acids is 2. The zero-order valence-electron chi connectivity index (χ0n) is 13.8. The third kappa shape index (κ3) is 6.09. The molecular weight excluding hydrogens is 449 g/mol. The van der Waals surface area contributed by atoms with Crippen LogP contribution >= 0.6 is 34.8 Å². The van der Waals surface area contributed by atoms with Gasteiger partial charge in [0, 0.05) is 26.4 Å². The van der Waals surface area contributed by atoms with Gasteiger partial charge in [-0.05, 0) is 91.1 Å². The Morgan fingerprint density at radius 1 is 1.00 bits per heavy atom. The molecule has 0 unspecified atom stereocenters. The van der Waals surface area contributed by atoms with Crippen molar-refractivity contribution in [3.05, 3.63) is 63.2 Å². The van der Waals surface area contributed by atoms with E-state index in [1.165, 1.54) is 0 Å². The van der Waals surface area contributed by atoms with Gasteiger partial charge >= 0.3 is 0 Å². The van der Waals surface area contributed by atoms with Gasteiger partial charge in [0.1, 0.15) is 0 Å². The van der Waals surface area contributed by atoms with E-state index in [1.54, 1.807) is 36.4 Å². The van der Waals surface area contributed by atoms with E-state index in [4.69, 9.17) is 12.2 Å². The largest absolute Gasteiger partial charge is 0.350 e. The van der Waals surface area contributed by atoms with E-state index in [0.717, 1.165) is 3.57 Å². The van der Waals surface area contributed by atoms with Crippen LogP contribution in [0.15, 0.2) is 48.5 Å². The average molecular weight is 467 g/mol. The second-order valence-electron chi connectivity index (χ2n) is 5.62. The van der Waals surface area contributed by atoms with Gasteiger partial charge in [0.05, 0.1) is 0 Å². The van der Waals surface area contributed by atoms with Crippen LogP contribution in [0, 0.1) is 3.57 Å². The molecule has 0 saturated heterocycles. The molecule has 0 aliphatic carbocycles. The smallest absolute Gasteiger partial charge is 0.257 e. The second kappa shape index (κ2) is 8.91. The van der Waals surface area contributed by atoms with Crippen LogP contribution in [-0.2, 0) is 0 Å². The highest BCUT2D eigenvalue weighted by Crippen LogP contribution is 2.11. The minimum absolute atomic E-state index is 0.0779. The van der Waals surface area contributed by atoms with Crippen LogP contribution in [0.4, 0.5) is 5.69 Å². The first-order valence-corrected chi connectivity index (χ1v) is 9.12. The quantitative estimate of drug-likeness (QED) is 0.475. The van der Waals surface area contributed by atoms with Gasteiger partial charge in [-0.3, -0.25) is 14.9 Å². The molecular formula is C18H18IN3O2S. The first-order chi connectivity index (χ1) is 11.8. The van der Waals surface area contributed by atoms with Gasteiger partial charge in [-0.2, -0.15) is 0 Å². The van der Waals surface area contributed by atoms with E-state index in [0.29, 0.717) is 16.8 Å². The number of carbonyl (C=O) groups is 2. The SMILES string of the molecule is CC(C)NC(=O)c1ccc(NC(=S)NC(=O)c2cccc(I)c2)cc1. The summed E-state index contributed by atoms with van der Waals surface area (Å²) < 4.78 is 0.972. The summed E-state index contributed by atoms with van der Waals surface area (Å²) in [6, 6.07) is 14.2. The van der Waals surface area contributed by atoms with Gasteiger partial charge in [0.15, 0.2) is 5.11 Å². The molecule has 0 radical (unpaired) electrons. The van der Waals surface area contributed by atoms with Crippen molar-refractivity contribution >= 4 is 57.4 Å². The Bertz CT molecular complexity index is 791. The molecule has 2 aromatic rings. The highest BCUT2D eigenvalue weighted by Gasteiger charge is 2.09. The van der Waals surface area contributed by atoms with Gasteiger partial charge < -0.3 is 10.6 Å². The Morgan fingerprint density at radius 3 is 2.28 bits per heavy atom. The van der Waals surface area contributed by atoms with E-state index in [2.05, 4.69) is 38.5 Å². The van der Waals surface area contributed by atoms with Gasteiger partial charge in [-0.1, -0.05) is 6.07 Å². The fourth-order valence-electron chi connectivity index (χ4n) is 2.02. The lowest BCUT2D eigenvalue weighted by Gasteiger charge is -2.11. The summed E-state index contributed by atoms with van der Waals surface area (Å²) in [5.41, 5.74) is 1.79. The van der Waals surface area contributed by atoms with Crippen molar-refractivity contribution in [3.8, 4) is 0 Å². The highest BCUT2D eigenvalue weighted by atomic mass is 127. The van der Waals surface area contributed by atoms with Crippen LogP contribution in [0.3, 0.4) is 0 Å². The van der Waals surface area contributed by atoms with E-state index < -0.39 is 0 Å². The molecule has 3 N–H and O–H groups in total. The third-order valence-corrected chi connectivity index (χ3v) is 4.01. The number of amides is 2. The number of halogens is 1. The number of nitrogens with one attached hydrogen (secondary N) is 3. The Labute approximate surface area is 165 Å². The number of benzene rings is 2. The summed E-state index contributed by atoms with van der Waals surface area (Å²) in [5.74, 6) is -0.403. The number of rotatable bonds is 4. The predicted molar refractivity (Wildman–Crippen MR) is 112 cm³/mol.